The molecule has 0 fully saturated rings. The van der Waals surface area contributed by atoms with Crippen LogP contribution in [0.1, 0.15) is 12.5 Å². The van der Waals surface area contributed by atoms with Crippen LogP contribution in [0.3, 0.4) is 0 Å². The summed E-state index contributed by atoms with van der Waals surface area (Å²) in [5.74, 6) is -1.17. The van der Waals surface area contributed by atoms with Gasteiger partial charge in [-0.15, -0.1) is 0 Å². The Balaban J connectivity index is 2.67. The van der Waals surface area contributed by atoms with E-state index >= 15 is 0 Å². The van der Waals surface area contributed by atoms with Crippen LogP contribution in [-0.4, -0.2) is 9.55 Å². The molecule has 0 atom stereocenters. The van der Waals surface area contributed by atoms with Gasteiger partial charge in [0.15, 0.2) is 5.15 Å². The Morgan fingerprint density at radius 1 is 1.28 bits per heavy atom. The zero-order chi connectivity index (χ0) is 13.3. The quantitative estimate of drug-likeness (QED) is 0.846. The SMILES string of the molecule is CCc1ccc(-n2c(=O)[nH]c(Cl)c(F)c2=O)cc1. The molecule has 94 valence electrons. The lowest BCUT2D eigenvalue weighted by molar-refractivity contribution is 0.584. The Morgan fingerprint density at radius 3 is 2.44 bits per heavy atom. The lowest BCUT2D eigenvalue weighted by Gasteiger charge is -2.06. The van der Waals surface area contributed by atoms with E-state index in [1.165, 1.54) is 0 Å². The normalized spacial score (nSPS) is 10.6. The molecule has 0 saturated heterocycles. The van der Waals surface area contributed by atoms with E-state index in [1.54, 1.807) is 24.3 Å². The average Bonchev–Trinajstić information content (AvgIpc) is 2.37. The van der Waals surface area contributed by atoms with Crippen molar-refractivity contribution in [2.24, 2.45) is 0 Å². The van der Waals surface area contributed by atoms with Crippen molar-refractivity contribution < 1.29 is 4.39 Å². The smallest absolute Gasteiger partial charge is 0.295 e. The number of nitrogens with one attached hydrogen (secondary N) is 1. The predicted octanol–water partition coefficient (Wildman–Crippen LogP) is 1.88. The Labute approximate surface area is 107 Å². The zero-order valence-corrected chi connectivity index (χ0v) is 10.3. The summed E-state index contributed by atoms with van der Waals surface area (Å²) >= 11 is 5.38. The summed E-state index contributed by atoms with van der Waals surface area (Å²) in [7, 11) is 0. The van der Waals surface area contributed by atoms with Crippen LogP contribution in [-0.2, 0) is 6.42 Å². The van der Waals surface area contributed by atoms with Gasteiger partial charge in [-0.3, -0.25) is 9.78 Å². The Bertz CT molecular complexity index is 689. The van der Waals surface area contributed by atoms with Crippen molar-refractivity contribution in [3.8, 4) is 5.69 Å². The minimum absolute atomic E-state index is 0.300. The molecule has 1 N–H and O–H groups in total. The molecule has 0 spiro atoms. The van der Waals surface area contributed by atoms with E-state index in [0.717, 1.165) is 12.0 Å². The first-order valence-corrected chi connectivity index (χ1v) is 5.72. The van der Waals surface area contributed by atoms with Crippen LogP contribution in [0.15, 0.2) is 33.9 Å². The van der Waals surface area contributed by atoms with Gasteiger partial charge in [0.05, 0.1) is 5.69 Å². The van der Waals surface area contributed by atoms with Gasteiger partial charge in [0, 0.05) is 0 Å². The molecular formula is C12H10ClFN2O2. The Hall–Kier alpha value is -1.88. The fraction of sp³-hybridized carbons (Fsp3) is 0.167. The first kappa shape index (κ1) is 12.6. The molecule has 2 rings (SSSR count). The standard InChI is InChI=1S/C12H10ClFN2O2/c1-2-7-3-5-8(6-4-7)16-11(17)9(14)10(13)15-12(16)18/h3-6H,2H2,1H3,(H,15,18). The Morgan fingerprint density at radius 2 is 1.89 bits per heavy atom. The van der Waals surface area contributed by atoms with Gasteiger partial charge in [0.2, 0.25) is 5.82 Å². The lowest BCUT2D eigenvalue weighted by Crippen LogP contribution is -2.35. The van der Waals surface area contributed by atoms with E-state index in [9.17, 15) is 14.0 Å². The van der Waals surface area contributed by atoms with Crippen molar-refractivity contribution in [1.82, 2.24) is 9.55 Å². The number of rotatable bonds is 2. The van der Waals surface area contributed by atoms with Crippen molar-refractivity contribution in [2.75, 3.05) is 0 Å². The summed E-state index contributed by atoms with van der Waals surface area (Å²) in [4.78, 5) is 25.3. The van der Waals surface area contributed by atoms with E-state index in [-0.39, 0.29) is 0 Å². The third-order valence-electron chi connectivity index (χ3n) is 2.61. The summed E-state index contributed by atoms with van der Waals surface area (Å²) in [6.07, 6.45) is 0.834. The summed E-state index contributed by atoms with van der Waals surface area (Å²) in [5, 5.41) is -0.577. The molecule has 1 aromatic heterocycles. The molecule has 0 aliphatic rings. The number of aromatic nitrogens is 2. The van der Waals surface area contributed by atoms with Crippen LogP contribution in [0.4, 0.5) is 4.39 Å². The van der Waals surface area contributed by atoms with Crippen LogP contribution < -0.4 is 11.2 Å². The maximum absolute atomic E-state index is 13.4. The van der Waals surface area contributed by atoms with Gasteiger partial charge < -0.3 is 0 Å². The second kappa shape index (κ2) is 4.78. The van der Waals surface area contributed by atoms with E-state index in [4.69, 9.17) is 11.6 Å². The Kier molecular flexibility index (Phi) is 3.34. The van der Waals surface area contributed by atoms with Gasteiger partial charge in [-0.2, -0.15) is 4.39 Å². The summed E-state index contributed by atoms with van der Waals surface area (Å²) < 4.78 is 14.1. The summed E-state index contributed by atoms with van der Waals surface area (Å²) in [6.45, 7) is 1.98. The highest BCUT2D eigenvalue weighted by Gasteiger charge is 2.13. The number of hydrogen-bond donors (Lipinski definition) is 1. The number of nitrogens with zero attached hydrogens (tertiary/aromatic N) is 1. The van der Waals surface area contributed by atoms with Crippen LogP contribution >= 0.6 is 11.6 Å². The first-order valence-electron chi connectivity index (χ1n) is 5.34. The minimum atomic E-state index is -1.17. The topological polar surface area (TPSA) is 54.9 Å². The second-order valence-electron chi connectivity index (χ2n) is 3.72. The van der Waals surface area contributed by atoms with Gasteiger partial charge >= 0.3 is 5.69 Å². The average molecular weight is 269 g/mol. The van der Waals surface area contributed by atoms with Crippen molar-refractivity contribution >= 4 is 11.6 Å². The molecule has 0 radical (unpaired) electrons. The van der Waals surface area contributed by atoms with E-state index < -0.39 is 22.2 Å². The largest absolute Gasteiger partial charge is 0.334 e. The molecule has 4 nitrogen and oxygen atoms in total. The summed E-state index contributed by atoms with van der Waals surface area (Å²) in [6, 6.07) is 6.72. The third kappa shape index (κ3) is 2.09. The van der Waals surface area contributed by atoms with Gasteiger partial charge in [0.1, 0.15) is 0 Å². The lowest BCUT2D eigenvalue weighted by atomic mass is 10.1. The molecule has 0 aliphatic heterocycles. The second-order valence-corrected chi connectivity index (χ2v) is 4.10. The first-order chi connectivity index (χ1) is 8.54. The molecule has 0 amide bonds. The molecule has 1 heterocycles. The van der Waals surface area contributed by atoms with Gasteiger partial charge in [-0.05, 0) is 24.1 Å². The zero-order valence-electron chi connectivity index (χ0n) is 9.54. The number of benzene rings is 1. The van der Waals surface area contributed by atoms with E-state index in [2.05, 4.69) is 4.98 Å². The van der Waals surface area contributed by atoms with Gasteiger partial charge in [-0.25, -0.2) is 9.36 Å². The number of halogens is 2. The molecule has 18 heavy (non-hydrogen) atoms. The number of aromatic amines is 1. The minimum Gasteiger partial charge on any atom is -0.295 e. The van der Waals surface area contributed by atoms with Crippen molar-refractivity contribution in [1.29, 1.82) is 0 Å². The van der Waals surface area contributed by atoms with Gasteiger partial charge in [-0.1, -0.05) is 30.7 Å². The highest BCUT2D eigenvalue weighted by Crippen LogP contribution is 2.08. The van der Waals surface area contributed by atoms with Crippen LogP contribution in [0.25, 0.3) is 5.69 Å². The number of hydrogen-bond acceptors (Lipinski definition) is 2. The predicted molar refractivity (Wildman–Crippen MR) is 67.0 cm³/mol. The maximum atomic E-state index is 13.4. The highest BCUT2D eigenvalue weighted by atomic mass is 35.5. The highest BCUT2D eigenvalue weighted by molar-refractivity contribution is 6.29. The third-order valence-corrected chi connectivity index (χ3v) is 2.87. The van der Waals surface area contributed by atoms with Crippen LogP contribution in [0.5, 0.6) is 0 Å². The fourth-order valence-corrected chi connectivity index (χ4v) is 1.77. The molecule has 0 saturated carbocycles. The molecular weight excluding hydrogens is 259 g/mol. The molecule has 0 unspecified atom stereocenters. The van der Waals surface area contributed by atoms with Crippen molar-refractivity contribution in [2.45, 2.75) is 13.3 Å². The van der Waals surface area contributed by atoms with Crippen LogP contribution in [0.2, 0.25) is 5.15 Å². The fourth-order valence-electron chi connectivity index (χ4n) is 1.60. The van der Waals surface area contributed by atoms with Crippen molar-refractivity contribution in [3.05, 3.63) is 61.6 Å². The summed E-state index contributed by atoms with van der Waals surface area (Å²) in [5.41, 5.74) is -0.477. The molecule has 0 aliphatic carbocycles. The molecule has 2 aromatic rings. The van der Waals surface area contributed by atoms with Crippen molar-refractivity contribution in [3.63, 3.8) is 0 Å². The molecule has 6 heteroatoms. The van der Waals surface area contributed by atoms with Gasteiger partial charge in [0.25, 0.3) is 5.56 Å². The number of aryl methyl sites for hydroxylation is 1. The van der Waals surface area contributed by atoms with E-state index in [0.29, 0.717) is 10.3 Å². The van der Waals surface area contributed by atoms with E-state index in [1.807, 2.05) is 6.92 Å². The number of H-pyrrole nitrogens is 1. The van der Waals surface area contributed by atoms with Crippen LogP contribution in [0, 0.1) is 5.82 Å². The molecule has 0 bridgehead atoms. The monoisotopic (exact) mass is 268 g/mol. The maximum Gasteiger partial charge on any atom is 0.334 e. The molecule has 1 aromatic carbocycles.